The van der Waals surface area contributed by atoms with E-state index in [2.05, 4.69) is 26.1 Å². The number of rotatable bonds is 2. The molecular weight excluding hydrogens is 224 g/mol. The molecule has 0 aromatic rings. The molecule has 1 heterocycles. The second kappa shape index (κ2) is 5.20. The van der Waals surface area contributed by atoms with E-state index in [1.165, 1.54) is 19.3 Å². The Bertz CT molecular complexity index is 314. The number of carbonyl (C=O) groups is 1. The van der Waals surface area contributed by atoms with Crippen LogP contribution in [-0.2, 0) is 4.79 Å². The van der Waals surface area contributed by atoms with E-state index in [0.717, 1.165) is 18.9 Å². The topological polar surface area (TPSA) is 32.3 Å². The molecular formula is C15H28N2O. The van der Waals surface area contributed by atoms with E-state index in [4.69, 9.17) is 0 Å². The van der Waals surface area contributed by atoms with Gasteiger partial charge in [0.05, 0.1) is 0 Å². The fourth-order valence-corrected chi connectivity index (χ4v) is 3.95. The SMILES string of the molecule is CC1CC(NC2CCC(=O)N(C)C2)CC(C)(C)C1. The molecule has 3 atom stereocenters. The normalized spacial score (nSPS) is 36.8. The van der Waals surface area contributed by atoms with Gasteiger partial charge in [-0.1, -0.05) is 20.8 Å². The molecule has 2 fully saturated rings. The quantitative estimate of drug-likeness (QED) is 0.818. The van der Waals surface area contributed by atoms with Crippen molar-refractivity contribution in [3.05, 3.63) is 0 Å². The van der Waals surface area contributed by atoms with Crippen molar-refractivity contribution in [1.82, 2.24) is 10.2 Å². The van der Waals surface area contributed by atoms with Gasteiger partial charge >= 0.3 is 0 Å². The molecule has 3 heteroatoms. The average Bonchev–Trinajstić information content (AvgIpc) is 2.20. The monoisotopic (exact) mass is 252 g/mol. The minimum Gasteiger partial charge on any atom is -0.344 e. The number of likely N-dealkylation sites (N-methyl/N-ethyl adjacent to an activating group) is 1. The summed E-state index contributed by atoms with van der Waals surface area (Å²) in [6.07, 6.45) is 5.62. The van der Waals surface area contributed by atoms with Crippen LogP contribution >= 0.6 is 0 Å². The molecule has 0 aromatic carbocycles. The van der Waals surface area contributed by atoms with Crippen LogP contribution in [0.5, 0.6) is 0 Å². The van der Waals surface area contributed by atoms with Gasteiger partial charge in [0.25, 0.3) is 0 Å². The number of carbonyl (C=O) groups excluding carboxylic acids is 1. The Kier molecular flexibility index (Phi) is 4.00. The van der Waals surface area contributed by atoms with E-state index in [1.54, 1.807) is 0 Å². The van der Waals surface area contributed by atoms with Gasteiger partial charge in [0, 0.05) is 32.1 Å². The lowest BCUT2D eigenvalue weighted by Crippen LogP contribution is -2.52. The molecule has 1 saturated heterocycles. The molecule has 1 N–H and O–H groups in total. The van der Waals surface area contributed by atoms with Crippen LogP contribution in [0.2, 0.25) is 0 Å². The van der Waals surface area contributed by atoms with Crippen LogP contribution in [0.4, 0.5) is 0 Å². The summed E-state index contributed by atoms with van der Waals surface area (Å²) in [5, 5.41) is 3.80. The maximum Gasteiger partial charge on any atom is 0.222 e. The van der Waals surface area contributed by atoms with Crippen molar-refractivity contribution in [2.24, 2.45) is 11.3 Å². The highest BCUT2D eigenvalue weighted by molar-refractivity contribution is 5.76. The standard InChI is InChI=1S/C15H28N2O/c1-11-7-13(9-15(2,3)8-11)16-12-5-6-14(18)17(4)10-12/h11-13,16H,5-10H2,1-4H3. The van der Waals surface area contributed by atoms with Gasteiger partial charge in [-0.05, 0) is 37.0 Å². The Hall–Kier alpha value is -0.570. The fourth-order valence-electron chi connectivity index (χ4n) is 3.95. The molecule has 1 aliphatic heterocycles. The zero-order valence-corrected chi connectivity index (χ0v) is 12.3. The minimum absolute atomic E-state index is 0.297. The summed E-state index contributed by atoms with van der Waals surface area (Å²) in [5.74, 6) is 1.11. The van der Waals surface area contributed by atoms with Crippen LogP contribution in [-0.4, -0.2) is 36.5 Å². The molecule has 104 valence electrons. The average molecular weight is 252 g/mol. The molecule has 2 aliphatic rings. The summed E-state index contributed by atoms with van der Waals surface area (Å²) >= 11 is 0. The highest BCUT2D eigenvalue weighted by Gasteiger charge is 2.33. The second-order valence-corrected chi connectivity index (χ2v) is 7.29. The largest absolute Gasteiger partial charge is 0.344 e. The van der Waals surface area contributed by atoms with Crippen molar-refractivity contribution >= 4 is 5.91 Å². The van der Waals surface area contributed by atoms with Crippen molar-refractivity contribution in [3.8, 4) is 0 Å². The third-order valence-corrected chi connectivity index (χ3v) is 4.48. The molecule has 0 aromatic heterocycles. The molecule has 0 spiro atoms. The summed E-state index contributed by atoms with van der Waals surface area (Å²) in [5.41, 5.74) is 0.464. The van der Waals surface area contributed by atoms with Crippen LogP contribution in [0.15, 0.2) is 0 Å². The first-order chi connectivity index (χ1) is 8.35. The van der Waals surface area contributed by atoms with Crippen LogP contribution in [0.1, 0.15) is 52.9 Å². The molecule has 1 saturated carbocycles. The molecule has 18 heavy (non-hydrogen) atoms. The summed E-state index contributed by atoms with van der Waals surface area (Å²) in [6, 6.07) is 1.13. The number of nitrogens with zero attached hydrogens (tertiary/aromatic N) is 1. The number of likely N-dealkylation sites (tertiary alicyclic amines) is 1. The molecule has 1 aliphatic carbocycles. The summed E-state index contributed by atoms with van der Waals surface area (Å²) < 4.78 is 0. The third-order valence-electron chi connectivity index (χ3n) is 4.48. The Morgan fingerprint density at radius 2 is 2.00 bits per heavy atom. The molecule has 2 rings (SSSR count). The molecule has 0 radical (unpaired) electrons. The van der Waals surface area contributed by atoms with E-state index >= 15 is 0 Å². The van der Waals surface area contributed by atoms with E-state index in [1.807, 2.05) is 11.9 Å². The van der Waals surface area contributed by atoms with Gasteiger partial charge in [-0.2, -0.15) is 0 Å². The van der Waals surface area contributed by atoms with Crippen molar-refractivity contribution in [2.75, 3.05) is 13.6 Å². The van der Waals surface area contributed by atoms with Crippen molar-refractivity contribution in [3.63, 3.8) is 0 Å². The van der Waals surface area contributed by atoms with Crippen LogP contribution in [0, 0.1) is 11.3 Å². The number of hydrogen-bond acceptors (Lipinski definition) is 2. The zero-order valence-electron chi connectivity index (χ0n) is 12.3. The Morgan fingerprint density at radius 1 is 1.28 bits per heavy atom. The summed E-state index contributed by atoms with van der Waals surface area (Å²) in [7, 11) is 1.92. The highest BCUT2D eigenvalue weighted by atomic mass is 16.2. The van der Waals surface area contributed by atoms with Gasteiger partial charge in [-0.15, -0.1) is 0 Å². The van der Waals surface area contributed by atoms with E-state index in [9.17, 15) is 4.79 Å². The number of hydrogen-bond donors (Lipinski definition) is 1. The zero-order chi connectivity index (χ0) is 13.3. The van der Waals surface area contributed by atoms with Crippen LogP contribution in [0.3, 0.4) is 0 Å². The molecule has 0 bridgehead atoms. The van der Waals surface area contributed by atoms with Gasteiger partial charge in [0.1, 0.15) is 0 Å². The summed E-state index contributed by atoms with van der Waals surface area (Å²) in [4.78, 5) is 13.4. The van der Waals surface area contributed by atoms with Gasteiger partial charge in [0.2, 0.25) is 5.91 Å². The van der Waals surface area contributed by atoms with Gasteiger partial charge in [-0.3, -0.25) is 4.79 Å². The number of nitrogens with one attached hydrogen (secondary N) is 1. The van der Waals surface area contributed by atoms with E-state index < -0.39 is 0 Å². The predicted molar refractivity (Wildman–Crippen MR) is 74.4 cm³/mol. The van der Waals surface area contributed by atoms with Gasteiger partial charge < -0.3 is 10.2 Å². The molecule has 1 amide bonds. The van der Waals surface area contributed by atoms with Gasteiger partial charge in [-0.25, -0.2) is 0 Å². The molecule has 3 unspecified atom stereocenters. The van der Waals surface area contributed by atoms with Crippen molar-refractivity contribution < 1.29 is 4.79 Å². The lowest BCUT2D eigenvalue weighted by atomic mass is 9.70. The lowest BCUT2D eigenvalue weighted by Gasteiger charge is -2.42. The first-order valence-corrected chi connectivity index (χ1v) is 7.36. The number of piperidine rings is 1. The first-order valence-electron chi connectivity index (χ1n) is 7.36. The van der Waals surface area contributed by atoms with E-state index in [-0.39, 0.29) is 0 Å². The van der Waals surface area contributed by atoms with Crippen molar-refractivity contribution in [2.45, 2.75) is 65.0 Å². The first kappa shape index (κ1) is 13.9. The lowest BCUT2D eigenvalue weighted by molar-refractivity contribution is -0.132. The van der Waals surface area contributed by atoms with Crippen molar-refractivity contribution in [1.29, 1.82) is 0 Å². The number of amides is 1. The Balaban J connectivity index is 1.87. The third kappa shape index (κ3) is 3.47. The maximum absolute atomic E-state index is 11.5. The highest BCUT2D eigenvalue weighted by Crippen LogP contribution is 2.38. The minimum atomic E-state index is 0.297. The van der Waals surface area contributed by atoms with Crippen LogP contribution in [0.25, 0.3) is 0 Å². The Morgan fingerprint density at radius 3 is 2.61 bits per heavy atom. The summed E-state index contributed by atoms with van der Waals surface area (Å²) in [6.45, 7) is 8.01. The van der Waals surface area contributed by atoms with Gasteiger partial charge in [0.15, 0.2) is 0 Å². The second-order valence-electron chi connectivity index (χ2n) is 7.29. The fraction of sp³-hybridized carbons (Fsp3) is 0.933. The maximum atomic E-state index is 11.5. The smallest absolute Gasteiger partial charge is 0.222 e. The molecule has 3 nitrogen and oxygen atoms in total. The Labute approximate surface area is 111 Å². The predicted octanol–water partition coefficient (Wildman–Crippen LogP) is 2.41. The van der Waals surface area contributed by atoms with E-state index in [0.29, 0.717) is 29.8 Å². The van der Waals surface area contributed by atoms with Crippen LogP contribution < -0.4 is 5.32 Å².